The molecular weight excluding hydrogens is 364 g/mol. The Kier molecular flexibility index (Phi) is 5.40. The summed E-state index contributed by atoms with van der Waals surface area (Å²) in [6.45, 7) is 1.15. The molecule has 1 aliphatic heterocycles. The second-order valence-electron chi connectivity index (χ2n) is 5.69. The highest BCUT2D eigenvalue weighted by Crippen LogP contribution is 2.29. The topological polar surface area (TPSA) is 108 Å². The van der Waals surface area contributed by atoms with Crippen molar-refractivity contribution in [3.05, 3.63) is 81.5 Å². The van der Waals surface area contributed by atoms with Crippen LogP contribution in [0.5, 0.6) is 5.75 Å². The first-order chi connectivity index (χ1) is 13.4. The number of aliphatic imine (C=N–C) groups is 1. The summed E-state index contributed by atoms with van der Waals surface area (Å²) in [5, 5.41) is 11.2. The van der Waals surface area contributed by atoms with Gasteiger partial charge >= 0.3 is 17.6 Å². The molecule has 0 saturated carbocycles. The predicted octanol–water partition coefficient (Wildman–Crippen LogP) is 3.53. The van der Waals surface area contributed by atoms with Crippen LogP contribution in [-0.4, -0.2) is 22.8 Å². The minimum absolute atomic E-state index is 0.00208. The molecule has 28 heavy (non-hydrogen) atoms. The molecule has 0 radical (unpaired) electrons. The molecule has 2 aromatic carbocycles. The number of carbonyl (C=O) groups is 2. The third kappa shape index (κ3) is 4.55. The lowest BCUT2D eigenvalue weighted by atomic mass is 10.1. The molecule has 0 bridgehead atoms. The first kappa shape index (κ1) is 18.7. The van der Waals surface area contributed by atoms with E-state index in [1.165, 1.54) is 24.3 Å². The van der Waals surface area contributed by atoms with Crippen LogP contribution >= 0.6 is 0 Å². The molecule has 8 nitrogen and oxygen atoms in total. The highest BCUT2D eigenvalue weighted by atomic mass is 16.6. The lowest BCUT2D eigenvalue weighted by Crippen LogP contribution is -2.04. The maximum absolute atomic E-state index is 12.0. The number of cyclic esters (lactones) is 1. The van der Waals surface area contributed by atoms with E-state index in [4.69, 9.17) is 9.47 Å². The molecule has 1 heterocycles. The second kappa shape index (κ2) is 8.09. The smallest absolute Gasteiger partial charge is 0.363 e. The number of nitrogens with zero attached hydrogens (tertiary/aromatic N) is 2. The van der Waals surface area contributed by atoms with Gasteiger partial charge in [0.15, 0.2) is 5.70 Å². The van der Waals surface area contributed by atoms with Gasteiger partial charge in [-0.1, -0.05) is 36.4 Å². The van der Waals surface area contributed by atoms with E-state index < -0.39 is 22.5 Å². The molecule has 0 fully saturated rings. The van der Waals surface area contributed by atoms with Gasteiger partial charge < -0.3 is 9.47 Å². The van der Waals surface area contributed by atoms with Crippen LogP contribution in [0.3, 0.4) is 0 Å². The number of rotatable bonds is 5. The highest BCUT2D eigenvalue weighted by Gasteiger charge is 2.22. The molecule has 0 N–H and O–H groups in total. The SMILES string of the molecule is CC(=O)Oc1ccc(/C=C2N=C(/C=C/c3ccccc3)OC\2=O)cc1[N+](=O)[O-]. The van der Waals surface area contributed by atoms with Gasteiger partial charge in [0.1, 0.15) is 0 Å². The Balaban J connectivity index is 1.86. The molecule has 0 aliphatic carbocycles. The quantitative estimate of drug-likeness (QED) is 0.259. The van der Waals surface area contributed by atoms with Gasteiger partial charge in [0.2, 0.25) is 11.6 Å². The zero-order valence-corrected chi connectivity index (χ0v) is 14.7. The average Bonchev–Trinajstić information content (AvgIpc) is 3.01. The summed E-state index contributed by atoms with van der Waals surface area (Å²) < 4.78 is 9.89. The minimum Gasteiger partial charge on any atom is -0.419 e. The molecule has 3 rings (SSSR count). The fraction of sp³-hybridized carbons (Fsp3) is 0.0500. The van der Waals surface area contributed by atoms with Gasteiger partial charge in [-0.15, -0.1) is 0 Å². The fourth-order valence-corrected chi connectivity index (χ4v) is 2.39. The van der Waals surface area contributed by atoms with E-state index in [1.54, 1.807) is 12.2 Å². The van der Waals surface area contributed by atoms with E-state index in [2.05, 4.69) is 4.99 Å². The van der Waals surface area contributed by atoms with Crippen LogP contribution in [0.1, 0.15) is 18.1 Å². The Hall–Kier alpha value is -4.07. The van der Waals surface area contributed by atoms with Crippen LogP contribution in [0.4, 0.5) is 5.69 Å². The van der Waals surface area contributed by atoms with Gasteiger partial charge in [-0.05, 0) is 29.3 Å². The predicted molar refractivity (Wildman–Crippen MR) is 101 cm³/mol. The van der Waals surface area contributed by atoms with Crippen LogP contribution in [0, 0.1) is 10.1 Å². The minimum atomic E-state index is -0.676. The average molecular weight is 378 g/mol. The van der Waals surface area contributed by atoms with Crippen molar-refractivity contribution in [3.8, 4) is 5.75 Å². The maximum atomic E-state index is 12.0. The summed E-state index contributed by atoms with van der Waals surface area (Å²) in [5.41, 5.74) is 0.855. The molecule has 140 valence electrons. The lowest BCUT2D eigenvalue weighted by molar-refractivity contribution is -0.385. The summed E-state index contributed by atoms with van der Waals surface area (Å²) in [7, 11) is 0. The van der Waals surface area contributed by atoms with E-state index in [1.807, 2.05) is 30.3 Å². The molecule has 0 saturated heterocycles. The zero-order chi connectivity index (χ0) is 20.1. The molecule has 0 aromatic heterocycles. The van der Waals surface area contributed by atoms with Gasteiger partial charge in [0, 0.05) is 19.1 Å². The number of carbonyl (C=O) groups excluding carboxylic acids is 2. The summed E-state index contributed by atoms with van der Waals surface area (Å²) >= 11 is 0. The van der Waals surface area contributed by atoms with Crippen molar-refractivity contribution in [2.75, 3.05) is 0 Å². The van der Waals surface area contributed by atoms with Gasteiger partial charge in [-0.2, -0.15) is 0 Å². The van der Waals surface area contributed by atoms with Crippen molar-refractivity contribution >= 4 is 35.7 Å². The van der Waals surface area contributed by atoms with Gasteiger partial charge in [0.05, 0.1) is 4.92 Å². The monoisotopic (exact) mass is 378 g/mol. The van der Waals surface area contributed by atoms with Crippen molar-refractivity contribution in [2.45, 2.75) is 6.92 Å². The molecular formula is C20H14N2O6. The number of ether oxygens (including phenoxy) is 2. The number of hydrogen-bond donors (Lipinski definition) is 0. The first-order valence-electron chi connectivity index (χ1n) is 8.15. The Morgan fingerprint density at radius 2 is 1.89 bits per heavy atom. The van der Waals surface area contributed by atoms with Gasteiger partial charge in [0.25, 0.3) is 0 Å². The molecule has 0 spiro atoms. The fourth-order valence-electron chi connectivity index (χ4n) is 2.39. The van der Waals surface area contributed by atoms with Crippen molar-refractivity contribution in [1.82, 2.24) is 0 Å². The number of nitro benzene ring substituents is 1. The molecule has 1 aliphatic rings. The molecule has 2 aromatic rings. The second-order valence-corrected chi connectivity index (χ2v) is 5.69. The normalized spacial score (nSPS) is 14.8. The lowest BCUT2D eigenvalue weighted by Gasteiger charge is -2.03. The van der Waals surface area contributed by atoms with Crippen molar-refractivity contribution in [3.63, 3.8) is 0 Å². The summed E-state index contributed by atoms with van der Waals surface area (Å²) in [5.74, 6) is -1.40. The number of nitro groups is 1. The van der Waals surface area contributed by atoms with Crippen molar-refractivity contribution in [2.24, 2.45) is 4.99 Å². The first-order valence-corrected chi connectivity index (χ1v) is 8.15. The van der Waals surface area contributed by atoms with Crippen LogP contribution < -0.4 is 4.74 Å². The number of hydrogen-bond acceptors (Lipinski definition) is 7. The van der Waals surface area contributed by atoms with Crippen LogP contribution in [-0.2, 0) is 14.3 Å². The Bertz CT molecular complexity index is 1040. The van der Waals surface area contributed by atoms with E-state index in [-0.39, 0.29) is 17.3 Å². The van der Waals surface area contributed by atoms with Crippen molar-refractivity contribution < 1.29 is 24.0 Å². The van der Waals surface area contributed by atoms with Crippen LogP contribution in [0.15, 0.2) is 65.3 Å². The van der Waals surface area contributed by atoms with Gasteiger partial charge in [-0.25, -0.2) is 9.79 Å². The van der Waals surface area contributed by atoms with E-state index in [0.29, 0.717) is 5.56 Å². The van der Waals surface area contributed by atoms with Crippen LogP contribution in [0.25, 0.3) is 12.2 Å². The Labute approximate surface area is 159 Å². The Morgan fingerprint density at radius 1 is 1.14 bits per heavy atom. The largest absolute Gasteiger partial charge is 0.419 e. The number of benzene rings is 2. The molecule has 0 unspecified atom stereocenters. The van der Waals surface area contributed by atoms with E-state index in [9.17, 15) is 19.7 Å². The summed E-state index contributed by atoms with van der Waals surface area (Å²) in [4.78, 5) is 37.6. The Morgan fingerprint density at radius 3 is 2.57 bits per heavy atom. The number of esters is 2. The third-order valence-electron chi connectivity index (χ3n) is 3.59. The van der Waals surface area contributed by atoms with E-state index >= 15 is 0 Å². The van der Waals surface area contributed by atoms with Crippen molar-refractivity contribution in [1.29, 1.82) is 0 Å². The van der Waals surface area contributed by atoms with Gasteiger partial charge in [-0.3, -0.25) is 14.9 Å². The van der Waals surface area contributed by atoms with Crippen LogP contribution in [0.2, 0.25) is 0 Å². The zero-order valence-electron chi connectivity index (χ0n) is 14.7. The molecule has 8 heteroatoms. The maximum Gasteiger partial charge on any atom is 0.363 e. The highest BCUT2D eigenvalue weighted by molar-refractivity contribution is 6.11. The third-order valence-corrected chi connectivity index (χ3v) is 3.59. The summed E-state index contributed by atoms with van der Waals surface area (Å²) in [6, 6.07) is 13.3. The summed E-state index contributed by atoms with van der Waals surface area (Å²) in [6.07, 6.45) is 4.66. The molecule has 0 amide bonds. The molecule has 0 atom stereocenters. The standard InChI is InChI=1S/C20H14N2O6/c1-13(23)27-18-9-7-15(12-17(18)22(25)26)11-16-20(24)28-19(21-16)10-8-14-5-3-2-4-6-14/h2-12H,1H3/b10-8+,16-11-. The van der Waals surface area contributed by atoms with E-state index in [0.717, 1.165) is 12.5 Å².